The van der Waals surface area contributed by atoms with Crippen LogP contribution in [0.1, 0.15) is 25.8 Å². The van der Waals surface area contributed by atoms with Crippen molar-refractivity contribution in [2.24, 2.45) is 5.92 Å². The average Bonchev–Trinajstić information content (AvgIpc) is 2.38. The Morgan fingerprint density at radius 2 is 2.05 bits per heavy atom. The molecule has 2 N–H and O–H groups in total. The van der Waals surface area contributed by atoms with Crippen LogP contribution in [0.2, 0.25) is 0 Å². The van der Waals surface area contributed by atoms with Crippen LogP contribution < -0.4 is 10.6 Å². The van der Waals surface area contributed by atoms with Crippen LogP contribution in [-0.4, -0.2) is 18.4 Å². The van der Waals surface area contributed by atoms with Gasteiger partial charge in [-0.3, -0.25) is 9.59 Å². The molecule has 104 valence electrons. The van der Waals surface area contributed by atoms with Crippen LogP contribution in [0.4, 0.5) is 5.69 Å². The Morgan fingerprint density at radius 3 is 2.63 bits per heavy atom. The minimum atomic E-state index is -0.220. The van der Waals surface area contributed by atoms with E-state index in [1.54, 1.807) is 0 Å². The molecule has 1 rings (SSSR count). The molecule has 4 nitrogen and oxygen atoms in total. The van der Waals surface area contributed by atoms with Crippen LogP contribution in [0.25, 0.3) is 0 Å². The fourth-order valence-electron chi connectivity index (χ4n) is 1.49. The topological polar surface area (TPSA) is 58.2 Å². The summed E-state index contributed by atoms with van der Waals surface area (Å²) in [7, 11) is 0. The van der Waals surface area contributed by atoms with Crippen molar-refractivity contribution >= 4 is 33.4 Å². The highest BCUT2D eigenvalue weighted by molar-refractivity contribution is 9.10. The molecule has 0 aliphatic rings. The highest BCUT2D eigenvalue weighted by Crippen LogP contribution is 2.19. The van der Waals surface area contributed by atoms with Gasteiger partial charge < -0.3 is 10.6 Å². The fourth-order valence-corrected chi connectivity index (χ4v) is 1.96. The van der Waals surface area contributed by atoms with Gasteiger partial charge in [0.25, 0.3) is 0 Å². The van der Waals surface area contributed by atoms with Gasteiger partial charge in [-0.15, -0.1) is 0 Å². The number of carbonyl (C=O) groups excluding carboxylic acids is 2. The fraction of sp³-hybridized carbons (Fsp3) is 0.429. The van der Waals surface area contributed by atoms with Crippen molar-refractivity contribution in [3.05, 3.63) is 28.2 Å². The molecule has 0 saturated carbocycles. The van der Waals surface area contributed by atoms with Crippen molar-refractivity contribution in [2.45, 2.75) is 27.2 Å². The highest BCUT2D eigenvalue weighted by Gasteiger charge is 2.12. The zero-order chi connectivity index (χ0) is 14.4. The molecule has 0 aliphatic carbocycles. The Labute approximate surface area is 122 Å². The Kier molecular flexibility index (Phi) is 6.02. The minimum absolute atomic E-state index is 0.00131. The first-order valence-corrected chi connectivity index (χ1v) is 7.07. The normalized spacial score (nSPS) is 11.8. The number of nitrogens with one attached hydrogen (secondary N) is 2. The van der Waals surface area contributed by atoms with Gasteiger partial charge in [-0.05, 0) is 37.1 Å². The van der Waals surface area contributed by atoms with E-state index in [1.165, 1.54) is 0 Å². The number of halogens is 1. The SMILES string of the molecule is CC[C@H](C)C(=O)NCC(=O)Nc1ccc(Br)cc1C. The first-order chi connectivity index (χ1) is 8.93. The smallest absolute Gasteiger partial charge is 0.243 e. The lowest BCUT2D eigenvalue weighted by Gasteiger charge is -2.11. The summed E-state index contributed by atoms with van der Waals surface area (Å²) in [5.74, 6) is -0.380. The van der Waals surface area contributed by atoms with Crippen LogP contribution in [-0.2, 0) is 9.59 Å². The average molecular weight is 327 g/mol. The van der Waals surface area contributed by atoms with Gasteiger partial charge in [0.2, 0.25) is 11.8 Å². The number of hydrogen-bond acceptors (Lipinski definition) is 2. The van der Waals surface area contributed by atoms with Crippen LogP contribution in [0.3, 0.4) is 0 Å². The Hall–Kier alpha value is -1.36. The summed E-state index contributed by atoms with van der Waals surface area (Å²) in [5.41, 5.74) is 1.72. The van der Waals surface area contributed by atoms with E-state index in [-0.39, 0.29) is 24.3 Å². The van der Waals surface area contributed by atoms with Gasteiger partial charge in [0.1, 0.15) is 0 Å². The maximum absolute atomic E-state index is 11.7. The molecule has 5 heteroatoms. The zero-order valence-corrected chi connectivity index (χ0v) is 13.0. The molecule has 1 atom stereocenters. The molecular weight excluding hydrogens is 308 g/mol. The van der Waals surface area contributed by atoms with Crippen molar-refractivity contribution < 1.29 is 9.59 Å². The standard InChI is InChI=1S/C14H19BrN2O2/c1-4-9(2)14(19)16-8-13(18)17-12-6-5-11(15)7-10(12)3/h5-7,9H,4,8H2,1-3H3,(H,16,19)(H,17,18)/t9-/m0/s1. The van der Waals surface area contributed by atoms with E-state index >= 15 is 0 Å². The van der Waals surface area contributed by atoms with Gasteiger partial charge in [0, 0.05) is 16.1 Å². The van der Waals surface area contributed by atoms with Crippen molar-refractivity contribution in [1.29, 1.82) is 0 Å². The summed E-state index contributed by atoms with van der Waals surface area (Å²) in [5, 5.41) is 5.40. The number of rotatable bonds is 5. The van der Waals surface area contributed by atoms with E-state index in [0.29, 0.717) is 0 Å². The van der Waals surface area contributed by atoms with Gasteiger partial charge in [-0.2, -0.15) is 0 Å². The third kappa shape index (κ3) is 5.03. The zero-order valence-electron chi connectivity index (χ0n) is 11.4. The molecule has 0 radical (unpaired) electrons. The van der Waals surface area contributed by atoms with Gasteiger partial charge in [-0.1, -0.05) is 29.8 Å². The van der Waals surface area contributed by atoms with Gasteiger partial charge in [-0.25, -0.2) is 0 Å². The molecule has 0 aliphatic heterocycles. The van der Waals surface area contributed by atoms with E-state index < -0.39 is 0 Å². The molecule has 2 amide bonds. The van der Waals surface area contributed by atoms with E-state index in [0.717, 1.165) is 22.1 Å². The van der Waals surface area contributed by atoms with Gasteiger partial charge >= 0.3 is 0 Å². The number of anilines is 1. The summed E-state index contributed by atoms with van der Waals surface area (Å²) >= 11 is 3.37. The summed E-state index contributed by atoms with van der Waals surface area (Å²) in [6, 6.07) is 5.61. The second-order valence-corrected chi connectivity index (χ2v) is 5.45. The number of aryl methyl sites for hydroxylation is 1. The lowest BCUT2D eigenvalue weighted by molar-refractivity contribution is -0.126. The first kappa shape index (κ1) is 15.7. The molecule has 0 saturated heterocycles. The molecule has 0 bridgehead atoms. The molecule has 19 heavy (non-hydrogen) atoms. The van der Waals surface area contributed by atoms with E-state index in [2.05, 4.69) is 26.6 Å². The molecule has 1 aromatic rings. The predicted octanol–water partition coefficient (Wildman–Crippen LogP) is 2.86. The molecule has 0 aromatic heterocycles. The quantitative estimate of drug-likeness (QED) is 0.874. The Balaban J connectivity index is 2.49. The Morgan fingerprint density at radius 1 is 1.37 bits per heavy atom. The second-order valence-electron chi connectivity index (χ2n) is 4.53. The van der Waals surface area contributed by atoms with E-state index in [1.807, 2.05) is 39.0 Å². The molecule has 0 spiro atoms. The molecule has 0 fully saturated rings. The van der Waals surface area contributed by atoms with Gasteiger partial charge in [0.05, 0.1) is 6.54 Å². The van der Waals surface area contributed by atoms with Crippen molar-refractivity contribution in [3.63, 3.8) is 0 Å². The summed E-state index contributed by atoms with van der Waals surface area (Å²) in [6.45, 7) is 5.69. The molecule has 1 aromatic carbocycles. The summed E-state index contributed by atoms with van der Waals surface area (Å²) in [4.78, 5) is 23.3. The number of benzene rings is 1. The highest BCUT2D eigenvalue weighted by atomic mass is 79.9. The molecular formula is C14H19BrN2O2. The molecule has 0 unspecified atom stereocenters. The first-order valence-electron chi connectivity index (χ1n) is 6.27. The van der Waals surface area contributed by atoms with Crippen molar-refractivity contribution in [3.8, 4) is 0 Å². The van der Waals surface area contributed by atoms with E-state index in [4.69, 9.17) is 0 Å². The Bertz CT molecular complexity index is 475. The third-order valence-corrected chi connectivity index (χ3v) is 3.44. The number of amides is 2. The third-order valence-electron chi connectivity index (χ3n) is 2.95. The maximum atomic E-state index is 11.7. The number of carbonyl (C=O) groups is 2. The largest absolute Gasteiger partial charge is 0.347 e. The second kappa shape index (κ2) is 7.28. The van der Waals surface area contributed by atoms with Crippen LogP contribution >= 0.6 is 15.9 Å². The van der Waals surface area contributed by atoms with Gasteiger partial charge in [0.15, 0.2) is 0 Å². The predicted molar refractivity (Wildman–Crippen MR) is 80.0 cm³/mol. The lowest BCUT2D eigenvalue weighted by atomic mass is 10.1. The van der Waals surface area contributed by atoms with Crippen molar-refractivity contribution in [1.82, 2.24) is 5.32 Å². The maximum Gasteiger partial charge on any atom is 0.243 e. The summed E-state index contributed by atoms with van der Waals surface area (Å²) in [6.07, 6.45) is 0.763. The minimum Gasteiger partial charge on any atom is -0.347 e. The number of hydrogen-bond donors (Lipinski definition) is 2. The van der Waals surface area contributed by atoms with Crippen LogP contribution in [0.15, 0.2) is 22.7 Å². The monoisotopic (exact) mass is 326 g/mol. The van der Waals surface area contributed by atoms with Crippen LogP contribution in [0, 0.1) is 12.8 Å². The lowest BCUT2D eigenvalue weighted by Crippen LogP contribution is -2.35. The summed E-state index contributed by atoms with van der Waals surface area (Å²) < 4.78 is 0.966. The van der Waals surface area contributed by atoms with Crippen molar-refractivity contribution in [2.75, 3.05) is 11.9 Å². The van der Waals surface area contributed by atoms with E-state index in [9.17, 15) is 9.59 Å². The molecule has 0 heterocycles. The van der Waals surface area contributed by atoms with Crippen LogP contribution in [0.5, 0.6) is 0 Å².